The lowest BCUT2D eigenvalue weighted by atomic mass is 10.1. The van der Waals surface area contributed by atoms with Gasteiger partial charge in [0, 0.05) is 0 Å². The average Bonchev–Trinajstić information content (AvgIpc) is 2.47. The van der Waals surface area contributed by atoms with E-state index in [4.69, 9.17) is 22.1 Å². The Morgan fingerprint density at radius 1 is 1.05 bits per heavy atom. The van der Waals surface area contributed by atoms with Gasteiger partial charge in [0.25, 0.3) is 0 Å². The molecule has 1 unspecified atom stereocenters. The van der Waals surface area contributed by atoms with E-state index < -0.39 is 11.3 Å². The van der Waals surface area contributed by atoms with Crippen LogP contribution in [0.5, 0.6) is 5.75 Å². The summed E-state index contributed by atoms with van der Waals surface area (Å²) in [4.78, 5) is 10.9. The van der Waals surface area contributed by atoms with Gasteiger partial charge < -0.3 is 10.5 Å². The summed E-state index contributed by atoms with van der Waals surface area (Å²) in [6, 6.07) is 17.5. The van der Waals surface area contributed by atoms with Gasteiger partial charge in [-0.25, -0.2) is 0 Å². The van der Waals surface area contributed by atoms with Crippen LogP contribution in [0.3, 0.4) is 0 Å². The van der Waals surface area contributed by atoms with Crippen LogP contribution < -0.4 is 10.5 Å². The minimum atomic E-state index is -0.675. The molecule has 2 rings (SSSR count). The molecule has 4 heteroatoms. The zero-order valence-corrected chi connectivity index (χ0v) is 11.7. The second-order valence-electron chi connectivity index (χ2n) is 4.49. The molecule has 3 nitrogen and oxygen atoms in total. The van der Waals surface area contributed by atoms with Crippen LogP contribution in [0.15, 0.2) is 54.6 Å². The Labute approximate surface area is 123 Å². The first kappa shape index (κ1) is 14.4. The topological polar surface area (TPSA) is 52.3 Å². The molecule has 0 aliphatic rings. The van der Waals surface area contributed by atoms with Crippen molar-refractivity contribution in [1.82, 2.24) is 0 Å². The number of halogens is 1. The van der Waals surface area contributed by atoms with E-state index in [1.165, 1.54) is 0 Å². The fraction of sp³-hybridized carbons (Fsp3) is 0.188. The van der Waals surface area contributed by atoms with Gasteiger partial charge >= 0.3 is 0 Å². The average molecular weight is 290 g/mol. The largest absolute Gasteiger partial charge is 0.489 e. The Morgan fingerprint density at radius 2 is 1.70 bits per heavy atom. The van der Waals surface area contributed by atoms with Gasteiger partial charge in [-0.15, -0.1) is 11.6 Å². The van der Waals surface area contributed by atoms with E-state index >= 15 is 0 Å². The second kappa shape index (κ2) is 6.96. The summed E-state index contributed by atoms with van der Waals surface area (Å²) in [6.07, 6.45) is 0.426. The number of alkyl halides is 1. The Bertz CT molecular complexity index is 554. The summed E-state index contributed by atoms with van der Waals surface area (Å²) in [7, 11) is 0. The standard InChI is InChI=1S/C16H16ClNO2/c17-15(16(18)19)10-12-6-8-14(9-7-12)20-11-13-4-2-1-3-5-13/h1-9,15H,10-11H2,(H2,18,19). The molecule has 0 saturated carbocycles. The molecule has 0 spiro atoms. The third kappa shape index (κ3) is 4.28. The van der Waals surface area contributed by atoms with Crippen molar-refractivity contribution in [3.05, 3.63) is 65.7 Å². The van der Waals surface area contributed by atoms with Crippen molar-refractivity contribution < 1.29 is 9.53 Å². The molecule has 0 radical (unpaired) electrons. The second-order valence-corrected chi connectivity index (χ2v) is 5.02. The molecule has 0 bridgehead atoms. The molecule has 0 aliphatic carbocycles. The van der Waals surface area contributed by atoms with E-state index in [1.54, 1.807) is 0 Å². The number of benzene rings is 2. The van der Waals surface area contributed by atoms with Gasteiger partial charge in [0.05, 0.1) is 0 Å². The van der Waals surface area contributed by atoms with Gasteiger partial charge in [0.2, 0.25) is 5.91 Å². The van der Waals surface area contributed by atoms with Crippen LogP contribution in [0.4, 0.5) is 0 Å². The van der Waals surface area contributed by atoms with E-state index in [9.17, 15) is 4.79 Å². The lowest BCUT2D eigenvalue weighted by Crippen LogP contribution is -2.25. The number of amides is 1. The molecule has 0 heterocycles. The van der Waals surface area contributed by atoms with Crippen LogP contribution in [0.1, 0.15) is 11.1 Å². The Kier molecular flexibility index (Phi) is 5.02. The molecular formula is C16H16ClNO2. The van der Waals surface area contributed by atoms with Gasteiger partial charge in [0.1, 0.15) is 17.7 Å². The molecule has 2 aromatic rings. The Balaban J connectivity index is 1.90. The van der Waals surface area contributed by atoms with Crippen LogP contribution >= 0.6 is 11.6 Å². The lowest BCUT2D eigenvalue weighted by molar-refractivity contribution is -0.117. The smallest absolute Gasteiger partial charge is 0.235 e. The molecule has 0 aromatic heterocycles. The van der Waals surface area contributed by atoms with Crippen molar-refractivity contribution in [2.45, 2.75) is 18.4 Å². The molecule has 1 atom stereocenters. The monoisotopic (exact) mass is 289 g/mol. The zero-order valence-electron chi connectivity index (χ0n) is 11.0. The lowest BCUT2D eigenvalue weighted by Gasteiger charge is -2.08. The number of primary amides is 1. The fourth-order valence-electron chi connectivity index (χ4n) is 1.77. The minimum absolute atomic E-state index is 0.426. The van der Waals surface area contributed by atoms with Crippen molar-refractivity contribution >= 4 is 17.5 Å². The molecule has 2 N–H and O–H groups in total. The van der Waals surface area contributed by atoms with Crippen LogP contribution in [0.2, 0.25) is 0 Å². The third-order valence-corrected chi connectivity index (χ3v) is 3.26. The highest BCUT2D eigenvalue weighted by Crippen LogP contribution is 2.16. The summed E-state index contributed by atoms with van der Waals surface area (Å²) in [6.45, 7) is 0.527. The minimum Gasteiger partial charge on any atom is -0.489 e. The third-order valence-electron chi connectivity index (χ3n) is 2.90. The maximum absolute atomic E-state index is 10.9. The predicted octanol–water partition coefficient (Wildman–Crippen LogP) is 2.90. The maximum Gasteiger partial charge on any atom is 0.235 e. The molecular weight excluding hydrogens is 274 g/mol. The molecule has 0 aliphatic heterocycles. The number of hydrogen-bond donors (Lipinski definition) is 1. The van der Waals surface area contributed by atoms with Crippen molar-refractivity contribution in [2.75, 3.05) is 0 Å². The quantitative estimate of drug-likeness (QED) is 0.831. The van der Waals surface area contributed by atoms with Crippen LogP contribution in [0, 0.1) is 0 Å². The molecule has 2 aromatic carbocycles. The summed E-state index contributed by atoms with van der Waals surface area (Å²) >= 11 is 5.83. The van der Waals surface area contributed by atoms with Crippen molar-refractivity contribution in [3.8, 4) is 5.75 Å². The highest BCUT2D eigenvalue weighted by atomic mass is 35.5. The van der Waals surface area contributed by atoms with Gasteiger partial charge in [-0.1, -0.05) is 42.5 Å². The van der Waals surface area contributed by atoms with E-state index in [-0.39, 0.29) is 0 Å². The number of ether oxygens (including phenoxy) is 1. The highest BCUT2D eigenvalue weighted by Gasteiger charge is 2.11. The zero-order chi connectivity index (χ0) is 14.4. The maximum atomic E-state index is 10.9. The van der Waals surface area contributed by atoms with Gasteiger partial charge in [-0.2, -0.15) is 0 Å². The number of rotatable bonds is 6. The van der Waals surface area contributed by atoms with Gasteiger partial charge in [0.15, 0.2) is 0 Å². The Hall–Kier alpha value is -2.00. The summed E-state index contributed by atoms with van der Waals surface area (Å²) in [5, 5.41) is -0.675. The SMILES string of the molecule is NC(=O)C(Cl)Cc1ccc(OCc2ccccc2)cc1. The van der Waals surface area contributed by atoms with E-state index in [0.717, 1.165) is 16.9 Å². The number of carbonyl (C=O) groups is 1. The molecule has 104 valence electrons. The highest BCUT2D eigenvalue weighted by molar-refractivity contribution is 6.30. The summed E-state index contributed by atoms with van der Waals surface area (Å²) in [5.41, 5.74) is 7.20. The van der Waals surface area contributed by atoms with Crippen LogP contribution in [-0.2, 0) is 17.8 Å². The first-order valence-corrected chi connectivity index (χ1v) is 6.78. The van der Waals surface area contributed by atoms with E-state index in [0.29, 0.717) is 13.0 Å². The molecule has 20 heavy (non-hydrogen) atoms. The predicted molar refractivity (Wildman–Crippen MR) is 79.8 cm³/mol. The van der Waals surface area contributed by atoms with Crippen molar-refractivity contribution in [3.63, 3.8) is 0 Å². The first-order valence-electron chi connectivity index (χ1n) is 6.34. The number of carbonyl (C=O) groups excluding carboxylic acids is 1. The number of nitrogens with two attached hydrogens (primary N) is 1. The van der Waals surface area contributed by atoms with E-state index in [1.807, 2.05) is 54.6 Å². The first-order chi connectivity index (χ1) is 9.65. The van der Waals surface area contributed by atoms with Crippen molar-refractivity contribution in [1.29, 1.82) is 0 Å². The molecule has 0 saturated heterocycles. The fourth-order valence-corrected chi connectivity index (χ4v) is 1.95. The van der Waals surface area contributed by atoms with Gasteiger partial charge in [-0.05, 0) is 29.7 Å². The molecule has 0 fully saturated rings. The number of hydrogen-bond acceptors (Lipinski definition) is 2. The van der Waals surface area contributed by atoms with Crippen molar-refractivity contribution in [2.24, 2.45) is 5.73 Å². The van der Waals surface area contributed by atoms with Crippen LogP contribution in [-0.4, -0.2) is 11.3 Å². The van der Waals surface area contributed by atoms with Gasteiger partial charge in [-0.3, -0.25) is 4.79 Å². The van der Waals surface area contributed by atoms with E-state index in [2.05, 4.69) is 0 Å². The normalized spacial score (nSPS) is 11.8. The summed E-state index contributed by atoms with van der Waals surface area (Å²) in [5.74, 6) is 0.277. The van der Waals surface area contributed by atoms with Crippen LogP contribution in [0.25, 0.3) is 0 Å². The molecule has 1 amide bonds. The Morgan fingerprint density at radius 3 is 2.30 bits per heavy atom. The summed E-state index contributed by atoms with van der Waals surface area (Å²) < 4.78 is 5.67.